The molecule has 2 fully saturated rings. The largest absolute Gasteiger partial charge is 0.350 e. The summed E-state index contributed by atoms with van der Waals surface area (Å²) in [5.41, 5.74) is 0.273. The molecule has 1 aromatic heterocycles. The molecular weight excluding hydrogens is 422 g/mol. The summed E-state index contributed by atoms with van der Waals surface area (Å²) in [4.78, 5) is 24.8. The molecule has 0 aliphatic carbocycles. The number of rotatable bonds is 3. The number of amides is 1. The second-order valence-electron chi connectivity index (χ2n) is 10.5. The number of hydrogen-bond acceptors (Lipinski definition) is 4. The number of piperazine rings is 1. The number of halogens is 2. The highest BCUT2D eigenvalue weighted by Gasteiger charge is 2.46. The first-order valence-corrected chi connectivity index (χ1v) is 11.7. The molecule has 2 aliphatic rings. The maximum Gasteiger partial charge on any atom is 0.228 e. The molecule has 4 atom stereocenters. The molecule has 5 nitrogen and oxygen atoms in total. The van der Waals surface area contributed by atoms with E-state index in [1.807, 2.05) is 23.1 Å². The van der Waals surface area contributed by atoms with Crippen molar-refractivity contribution in [2.75, 3.05) is 31.1 Å². The van der Waals surface area contributed by atoms with Gasteiger partial charge in [0.25, 0.3) is 0 Å². The Morgan fingerprint density at radius 1 is 1.00 bits per heavy atom. The Morgan fingerprint density at radius 3 is 2.39 bits per heavy atom. The van der Waals surface area contributed by atoms with Crippen LogP contribution >= 0.6 is 0 Å². The Hall–Kier alpha value is -2.54. The van der Waals surface area contributed by atoms with Crippen LogP contribution in [0.4, 0.5) is 14.6 Å². The van der Waals surface area contributed by atoms with Crippen molar-refractivity contribution in [3.05, 3.63) is 59.8 Å². The number of benzene rings is 1. The third-order valence-corrected chi connectivity index (χ3v) is 7.16. The fourth-order valence-electron chi connectivity index (χ4n) is 5.21. The maximum absolute atomic E-state index is 14.8. The van der Waals surface area contributed by atoms with Crippen LogP contribution in [0.15, 0.2) is 42.6 Å². The number of aromatic nitrogens is 1. The van der Waals surface area contributed by atoms with Gasteiger partial charge < -0.3 is 9.80 Å². The molecule has 0 radical (unpaired) electrons. The molecule has 3 heterocycles. The molecular formula is C26H34F2N4O. The fourth-order valence-corrected chi connectivity index (χ4v) is 5.21. The van der Waals surface area contributed by atoms with Gasteiger partial charge in [-0.15, -0.1) is 0 Å². The SMILES string of the molecule is C[C@@H]1CN(C(=O)[C@H]2CN(C(C)(C)C)C[C@@H]2c2ccc(F)cc2F)[C@@H](C)CN1c1ccccn1. The predicted octanol–water partition coefficient (Wildman–Crippen LogP) is 4.30. The van der Waals surface area contributed by atoms with Crippen LogP contribution < -0.4 is 4.90 Å². The Morgan fingerprint density at radius 2 is 1.76 bits per heavy atom. The van der Waals surface area contributed by atoms with Gasteiger partial charge in [0.15, 0.2) is 0 Å². The molecule has 1 aromatic carbocycles. The number of nitrogens with zero attached hydrogens (tertiary/aromatic N) is 4. The molecule has 4 rings (SSSR count). The first kappa shape index (κ1) is 23.6. The zero-order chi connectivity index (χ0) is 23.9. The third-order valence-electron chi connectivity index (χ3n) is 7.16. The van der Waals surface area contributed by atoms with Gasteiger partial charge in [-0.3, -0.25) is 9.69 Å². The summed E-state index contributed by atoms with van der Waals surface area (Å²) in [6.45, 7) is 12.9. The number of carbonyl (C=O) groups is 1. The van der Waals surface area contributed by atoms with E-state index in [9.17, 15) is 13.6 Å². The summed E-state index contributed by atoms with van der Waals surface area (Å²) in [5.74, 6) is -0.896. The van der Waals surface area contributed by atoms with Crippen molar-refractivity contribution in [3.63, 3.8) is 0 Å². The Labute approximate surface area is 195 Å². The average Bonchev–Trinajstić information content (AvgIpc) is 3.21. The molecule has 0 bridgehead atoms. The van der Waals surface area contributed by atoms with Crippen LogP contribution in [0.25, 0.3) is 0 Å². The Bertz CT molecular complexity index is 994. The molecule has 2 saturated heterocycles. The number of hydrogen-bond donors (Lipinski definition) is 0. The number of carbonyl (C=O) groups excluding carboxylic acids is 1. The van der Waals surface area contributed by atoms with Gasteiger partial charge >= 0.3 is 0 Å². The van der Waals surface area contributed by atoms with Crippen LogP contribution in [-0.2, 0) is 4.79 Å². The summed E-state index contributed by atoms with van der Waals surface area (Å²) in [7, 11) is 0. The minimum Gasteiger partial charge on any atom is -0.350 e. The van der Waals surface area contributed by atoms with E-state index in [0.717, 1.165) is 11.9 Å². The van der Waals surface area contributed by atoms with Gasteiger partial charge in [-0.25, -0.2) is 13.8 Å². The molecule has 0 spiro atoms. The second kappa shape index (κ2) is 9.01. The van der Waals surface area contributed by atoms with E-state index >= 15 is 0 Å². The van der Waals surface area contributed by atoms with Gasteiger partial charge in [0.1, 0.15) is 17.5 Å². The van der Waals surface area contributed by atoms with E-state index in [0.29, 0.717) is 31.7 Å². The van der Waals surface area contributed by atoms with Crippen LogP contribution in [-0.4, -0.2) is 64.5 Å². The van der Waals surface area contributed by atoms with E-state index in [4.69, 9.17) is 0 Å². The minimum atomic E-state index is -0.599. The second-order valence-corrected chi connectivity index (χ2v) is 10.5. The van der Waals surface area contributed by atoms with Gasteiger partial charge in [-0.2, -0.15) is 0 Å². The van der Waals surface area contributed by atoms with E-state index in [1.165, 1.54) is 12.1 Å². The van der Waals surface area contributed by atoms with Crippen molar-refractivity contribution in [3.8, 4) is 0 Å². The van der Waals surface area contributed by atoms with Crippen LogP contribution in [0.2, 0.25) is 0 Å². The van der Waals surface area contributed by atoms with E-state index < -0.39 is 11.6 Å². The van der Waals surface area contributed by atoms with Crippen molar-refractivity contribution < 1.29 is 13.6 Å². The highest BCUT2D eigenvalue weighted by molar-refractivity contribution is 5.81. The van der Waals surface area contributed by atoms with Gasteiger partial charge in [0.2, 0.25) is 5.91 Å². The smallest absolute Gasteiger partial charge is 0.228 e. The average molecular weight is 457 g/mol. The molecule has 178 valence electrons. The number of anilines is 1. The Balaban J connectivity index is 1.59. The highest BCUT2D eigenvalue weighted by atomic mass is 19.1. The normalized spacial score (nSPS) is 26.6. The lowest BCUT2D eigenvalue weighted by molar-refractivity contribution is -0.138. The van der Waals surface area contributed by atoms with Gasteiger partial charge in [-0.1, -0.05) is 12.1 Å². The van der Waals surface area contributed by atoms with Crippen molar-refractivity contribution in [1.29, 1.82) is 0 Å². The van der Waals surface area contributed by atoms with E-state index in [-0.39, 0.29) is 35.4 Å². The number of pyridine rings is 1. The van der Waals surface area contributed by atoms with Crippen LogP contribution in [0.1, 0.15) is 46.1 Å². The van der Waals surface area contributed by atoms with Gasteiger partial charge in [-0.05, 0) is 58.4 Å². The standard InChI is InChI=1S/C26H34F2N4O/c1-17-14-32(18(2)13-31(17)24-8-6-7-11-29-24)25(33)22-16-30(26(3,4)5)15-21(22)20-10-9-19(27)12-23(20)28/h6-12,17-18,21-22H,13-16H2,1-5H3/t17-,18+,21-,22+/m1/s1. The van der Waals surface area contributed by atoms with Crippen molar-refractivity contribution >= 4 is 11.7 Å². The van der Waals surface area contributed by atoms with E-state index in [1.54, 1.807) is 6.20 Å². The quantitative estimate of drug-likeness (QED) is 0.691. The molecule has 0 saturated carbocycles. The third kappa shape index (κ3) is 4.74. The lowest BCUT2D eigenvalue weighted by atomic mass is 9.87. The monoisotopic (exact) mass is 456 g/mol. The van der Waals surface area contributed by atoms with Gasteiger partial charge in [0, 0.05) is 62.0 Å². The molecule has 0 unspecified atom stereocenters. The molecule has 0 N–H and O–H groups in total. The van der Waals surface area contributed by atoms with Crippen molar-refractivity contribution in [2.45, 2.75) is 58.2 Å². The fraction of sp³-hybridized carbons (Fsp3) is 0.538. The first-order chi connectivity index (χ1) is 15.6. The number of likely N-dealkylation sites (tertiary alicyclic amines) is 1. The highest BCUT2D eigenvalue weighted by Crippen LogP contribution is 2.39. The molecule has 2 aliphatic heterocycles. The summed E-state index contributed by atoms with van der Waals surface area (Å²) >= 11 is 0. The summed E-state index contributed by atoms with van der Waals surface area (Å²) in [6, 6.07) is 9.69. The first-order valence-electron chi connectivity index (χ1n) is 11.7. The molecule has 7 heteroatoms. The summed E-state index contributed by atoms with van der Waals surface area (Å²) in [5, 5.41) is 0. The lowest BCUT2D eigenvalue weighted by Crippen LogP contribution is -2.60. The topological polar surface area (TPSA) is 39.7 Å². The van der Waals surface area contributed by atoms with Crippen LogP contribution in [0.5, 0.6) is 0 Å². The van der Waals surface area contributed by atoms with Crippen molar-refractivity contribution in [1.82, 2.24) is 14.8 Å². The van der Waals surface area contributed by atoms with Gasteiger partial charge in [0.05, 0.1) is 5.92 Å². The zero-order valence-electron chi connectivity index (χ0n) is 20.1. The summed E-state index contributed by atoms with van der Waals surface area (Å²) < 4.78 is 28.4. The maximum atomic E-state index is 14.8. The van der Waals surface area contributed by atoms with Crippen molar-refractivity contribution in [2.24, 2.45) is 5.92 Å². The molecule has 1 amide bonds. The van der Waals surface area contributed by atoms with E-state index in [2.05, 4.69) is 49.4 Å². The zero-order valence-corrected chi connectivity index (χ0v) is 20.1. The summed E-state index contributed by atoms with van der Waals surface area (Å²) in [6.07, 6.45) is 1.78. The van der Waals surface area contributed by atoms with Crippen LogP contribution in [0.3, 0.4) is 0 Å². The lowest BCUT2D eigenvalue weighted by Gasteiger charge is -2.45. The van der Waals surface area contributed by atoms with Crippen LogP contribution in [0, 0.1) is 17.6 Å². The predicted molar refractivity (Wildman–Crippen MR) is 126 cm³/mol. The Kier molecular flexibility index (Phi) is 6.45. The minimum absolute atomic E-state index is 0.00175. The molecule has 33 heavy (non-hydrogen) atoms. The molecule has 2 aromatic rings.